The van der Waals surface area contributed by atoms with E-state index in [0.29, 0.717) is 17.8 Å². The first-order valence-electron chi connectivity index (χ1n) is 9.39. The Morgan fingerprint density at radius 3 is 2.81 bits per heavy atom. The van der Waals surface area contributed by atoms with Crippen LogP contribution in [-0.4, -0.2) is 55.4 Å². The smallest absolute Gasteiger partial charge is 0.294 e. The van der Waals surface area contributed by atoms with Gasteiger partial charge >= 0.3 is 0 Å². The number of anilines is 1. The van der Waals surface area contributed by atoms with E-state index in [2.05, 4.69) is 35.8 Å². The van der Waals surface area contributed by atoms with Crippen molar-refractivity contribution in [3.05, 3.63) is 51.3 Å². The summed E-state index contributed by atoms with van der Waals surface area (Å²) in [6.45, 7) is 6.06. The SMILES string of the molecule is CC[NH+](CC)Cc1c(C(=O)N/N=C\c2cccc([N+](=O)[O-])c2)nnn1-c1nonc1N. The molecule has 0 saturated heterocycles. The Labute approximate surface area is 175 Å². The number of rotatable bonds is 9. The van der Waals surface area contributed by atoms with Crippen molar-refractivity contribution in [3.63, 3.8) is 0 Å². The maximum absolute atomic E-state index is 12.7. The van der Waals surface area contributed by atoms with E-state index >= 15 is 0 Å². The number of amides is 1. The Morgan fingerprint density at radius 1 is 1.39 bits per heavy atom. The summed E-state index contributed by atoms with van der Waals surface area (Å²) in [5.74, 6) is -0.464. The number of nitrogens with two attached hydrogens (primary N) is 1. The number of nitro groups is 1. The Bertz CT molecular complexity index is 1100. The largest absolute Gasteiger partial charge is 0.378 e. The molecule has 14 heteroatoms. The van der Waals surface area contributed by atoms with Crippen LogP contribution in [0, 0.1) is 10.1 Å². The molecule has 0 aliphatic carbocycles. The minimum absolute atomic E-state index is 0.0105. The summed E-state index contributed by atoms with van der Waals surface area (Å²) in [4.78, 5) is 24.2. The zero-order valence-electron chi connectivity index (χ0n) is 16.8. The molecule has 1 amide bonds. The van der Waals surface area contributed by atoms with Gasteiger partial charge in [0.1, 0.15) is 12.2 Å². The maximum Gasteiger partial charge on any atom is 0.294 e. The van der Waals surface area contributed by atoms with Crippen molar-refractivity contribution in [2.75, 3.05) is 18.8 Å². The second-order valence-electron chi connectivity index (χ2n) is 6.45. The van der Waals surface area contributed by atoms with Crippen molar-refractivity contribution < 1.29 is 19.2 Å². The fourth-order valence-corrected chi connectivity index (χ4v) is 2.82. The van der Waals surface area contributed by atoms with Gasteiger partial charge in [0, 0.05) is 17.7 Å². The molecule has 0 atom stereocenters. The van der Waals surface area contributed by atoms with Crippen molar-refractivity contribution >= 4 is 23.6 Å². The molecular weight excluding hydrogens is 408 g/mol. The lowest BCUT2D eigenvalue weighted by Gasteiger charge is -2.15. The highest BCUT2D eigenvalue weighted by molar-refractivity contribution is 5.94. The van der Waals surface area contributed by atoms with Gasteiger partial charge in [0.15, 0.2) is 5.69 Å². The van der Waals surface area contributed by atoms with E-state index in [4.69, 9.17) is 5.73 Å². The number of nitrogen functional groups attached to an aromatic ring is 1. The van der Waals surface area contributed by atoms with Crippen molar-refractivity contribution in [1.29, 1.82) is 0 Å². The first-order chi connectivity index (χ1) is 14.9. The first-order valence-corrected chi connectivity index (χ1v) is 9.39. The second-order valence-corrected chi connectivity index (χ2v) is 6.45. The molecule has 3 rings (SSSR count). The number of carbonyl (C=O) groups is 1. The highest BCUT2D eigenvalue weighted by Crippen LogP contribution is 2.15. The molecule has 0 unspecified atom stereocenters. The van der Waals surface area contributed by atoms with Gasteiger partial charge in [-0.05, 0) is 24.2 Å². The Kier molecular flexibility index (Phi) is 6.61. The first kappa shape index (κ1) is 21.5. The summed E-state index contributed by atoms with van der Waals surface area (Å²) in [6, 6.07) is 5.84. The van der Waals surface area contributed by atoms with Crippen molar-refractivity contribution in [1.82, 2.24) is 30.7 Å². The van der Waals surface area contributed by atoms with Crippen LogP contribution in [-0.2, 0) is 6.54 Å². The van der Waals surface area contributed by atoms with E-state index in [9.17, 15) is 14.9 Å². The molecule has 4 N–H and O–H groups in total. The molecule has 0 saturated carbocycles. The normalized spacial score (nSPS) is 11.3. The molecule has 3 aromatic rings. The van der Waals surface area contributed by atoms with Gasteiger partial charge in [0.2, 0.25) is 11.6 Å². The molecule has 1 aromatic carbocycles. The lowest BCUT2D eigenvalue weighted by molar-refractivity contribution is -0.910. The van der Waals surface area contributed by atoms with Crippen LogP contribution in [0.25, 0.3) is 5.82 Å². The number of carbonyl (C=O) groups excluding carboxylic acids is 1. The average molecular weight is 429 g/mol. The fraction of sp³-hybridized carbons (Fsp3) is 0.294. The molecule has 0 aliphatic heterocycles. The predicted octanol–water partition coefficient (Wildman–Crippen LogP) is -0.671. The molecular formula is C17H21N10O4+. The van der Waals surface area contributed by atoms with Crippen molar-refractivity contribution in [2.24, 2.45) is 5.10 Å². The topological polar surface area (TPSA) is 185 Å². The average Bonchev–Trinajstić information content (AvgIpc) is 3.37. The number of nitrogens with zero attached hydrogens (tertiary/aromatic N) is 7. The van der Waals surface area contributed by atoms with E-state index < -0.39 is 10.8 Å². The van der Waals surface area contributed by atoms with Gasteiger partial charge in [-0.15, -0.1) is 5.10 Å². The summed E-state index contributed by atoms with van der Waals surface area (Å²) in [6.07, 6.45) is 1.30. The number of hydrogen-bond donors (Lipinski definition) is 3. The summed E-state index contributed by atoms with van der Waals surface area (Å²) in [7, 11) is 0. The van der Waals surface area contributed by atoms with Crippen LogP contribution in [0.1, 0.15) is 35.6 Å². The summed E-state index contributed by atoms with van der Waals surface area (Å²) in [5.41, 5.74) is 9.00. The van der Waals surface area contributed by atoms with Crippen LogP contribution in [0.4, 0.5) is 11.5 Å². The highest BCUT2D eigenvalue weighted by atomic mass is 16.6. The third-order valence-corrected chi connectivity index (χ3v) is 4.55. The standard InChI is InChI=1S/C17H20N10O4/c1-3-25(4-2)10-13-14(20-24-26(13)16-15(18)22-31-23-16)17(28)21-19-9-11-6-5-7-12(8-11)27(29)30/h5-9H,3-4,10H2,1-2H3,(H2,18,22)(H,21,28)/p+1/b19-9-. The van der Waals surface area contributed by atoms with Crippen LogP contribution < -0.4 is 16.1 Å². The highest BCUT2D eigenvalue weighted by Gasteiger charge is 2.26. The van der Waals surface area contributed by atoms with Crippen LogP contribution >= 0.6 is 0 Å². The number of nitro benzene ring substituents is 1. The van der Waals surface area contributed by atoms with Gasteiger partial charge in [0.25, 0.3) is 11.6 Å². The summed E-state index contributed by atoms with van der Waals surface area (Å²) in [5, 5.41) is 29.9. The van der Waals surface area contributed by atoms with E-state index in [1.165, 1.54) is 29.1 Å². The molecule has 162 valence electrons. The van der Waals surface area contributed by atoms with Crippen molar-refractivity contribution in [2.45, 2.75) is 20.4 Å². The zero-order chi connectivity index (χ0) is 22.4. The summed E-state index contributed by atoms with van der Waals surface area (Å²) >= 11 is 0. The van der Waals surface area contributed by atoms with Crippen LogP contribution in [0.5, 0.6) is 0 Å². The van der Waals surface area contributed by atoms with Gasteiger partial charge < -0.3 is 10.6 Å². The third kappa shape index (κ3) is 4.87. The minimum Gasteiger partial charge on any atom is -0.378 e. The molecule has 2 aromatic heterocycles. The molecule has 14 nitrogen and oxygen atoms in total. The molecule has 0 bridgehead atoms. The lowest BCUT2D eigenvalue weighted by atomic mass is 10.2. The van der Waals surface area contributed by atoms with Crippen LogP contribution in [0.2, 0.25) is 0 Å². The minimum atomic E-state index is -0.607. The van der Waals surface area contributed by atoms with Crippen LogP contribution in [0.15, 0.2) is 34.0 Å². The van der Waals surface area contributed by atoms with E-state index in [0.717, 1.165) is 18.0 Å². The van der Waals surface area contributed by atoms with Gasteiger partial charge in [-0.3, -0.25) is 14.9 Å². The number of quaternary nitrogens is 1. The Hall–Kier alpha value is -4.20. The van der Waals surface area contributed by atoms with E-state index in [-0.39, 0.29) is 23.0 Å². The second kappa shape index (κ2) is 9.53. The number of nitrogens with one attached hydrogen (secondary N) is 2. The van der Waals surface area contributed by atoms with E-state index in [1.807, 2.05) is 13.8 Å². The quantitative estimate of drug-likeness (QED) is 0.225. The number of benzene rings is 1. The van der Waals surface area contributed by atoms with Crippen molar-refractivity contribution in [3.8, 4) is 5.82 Å². The van der Waals surface area contributed by atoms with E-state index in [1.54, 1.807) is 6.07 Å². The molecule has 0 fully saturated rings. The maximum atomic E-state index is 12.7. The number of hydrazone groups is 1. The number of hydrogen-bond acceptors (Lipinski definition) is 10. The zero-order valence-corrected chi connectivity index (χ0v) is 16.8. The van der Waals surface area contributed by atoms with Gasteiger partial charge in [-0.25, -0.2) is 10.1 Å². The van der Waals surface area contributed by atoms with Gasteiger partial charge in [0.05, 0.1) is 24.2 Å². The number of non-ortho nitro benzene ring substituents is 1. The Morgan fingerprint density at radius 2 is 2.16 bits per heavy atom. The summed E-state index contributed by atoms with van der Waals surface area (Å²) < 4.78 is 5.95. The molecule has 0 spiro atoms. The number of aromatic nitrogens is 5. The molecule has 0 radical (unpaired) electrons. The fourth-order valence-electron chi connectivity index (χ4n) is 2.82. The molecule has 0 aliphatic rings. The van der Waals surface area contributed by atoms with Gasteiger partial charge in [-0.1, -0.05) is 17.3 Å². The molecule has 2 heterocycles. The Balaban J connectivity index is 1.85. The van der Waals surface area contributed by atoms with Crippen LogP contribution in [0.3, 0.4) is 0 Å². The third-order valence-electron chi connectivity index (χ3n) is 4.55. The molecule has 31 heavy (non-hydrogen) atoms. The lowest BCUT2D eigenvalue weighted by Crippen LogP contribution is -3.10. The monoisotopic (exact) mass is 429 g/mol. The van der Waals surface area contributed by atoms with Gasteiger partial charge in [-0.2, -0.15) is 9.78 Å². The predicted molar refractivity (Wildman–Crippen MR) is 108 cm³/mol.